The summed E-state index contributed by atoms with van der Waals surface area (Å²) in [6.07, 6.45) is -2.57. The number of hydrogen-bond acceptors (Lipinski definition) is 2. The van der Waals surface area contributed by atoms with Crippen molar-refractivity contribution < 1.29 is 17.9 Å². The number of benzene rings is 1. The van der Waals surface area contributed by atoms with E-state index in [1.807, 2.05) is 17.7 Å². The Morgan fingerprint density at radius 1 is 1.14 bits per heavy atom. The van der Waals surface area contributed by atoms with Gasteiger partial charge in [-0.2, -0.15) is 18.3 Å². The maximum Gasteiger partial charge on any atom is 0.416 e. The maximum atomic E-state index is 12.7. The summed E-state index contributed by atoms with van der Waals surface area (Å²) in [7, 11) is 0. The molecule has 0 radical (unpaired) electrons. The van der Waals surface area contributed by atoms with Crippen molar-refractivity contribution in [2.24, 2.45) is 0 Å². The molecule has 0 atom stereocenters. The smallest absolute Gasteiger partial charge is 0.381 e. The Labute approximate surface area is 126 Å². The monoisotopic (exact) mass is 310 g/mol. The zero-order chi connectivity index (χ0) is 15.7. The standard InChI is InChI=1S/C16H17F3N2O/c1-11-10-15(21(20-11)14-6-8-22-9-7-14)12-2-4-13(5-3-12)16(17,18)19/h2-5,10,14H,6-9H2,1H3. The van der Waals surface area contributed by atoms with E-state index in [1.165, 1.54) is 12.1 Å². The third kappa shape index (κ3) is 3.02. The van der Waals surface area contributed by atoms with Crippen LogP contribution in [-0.4, -0.2) is 23.0 Å². The molecule has 0 bridgehead atoms. The first-order valence-electron chi connectivity index (χ1n) is 7.26. The maximum absolute atomic E-state index is 12.7. The molecule has 2 aromatic rings. The van der Waals surface area contributed by atoms with Crippen LogP contribution in [0.4, 0.5) is 13.2 Å². The Balaban J connectivity index is 1.94. The molecule has 1 fully saturated rings. The van der Waals surface area contributed by atoms with Crippen molar-refractivity contribution in [3.8, 4) is 11.3 Å². The van der Waals surface area contributed by atoms with E-state index in [1.54, 1.807) is 0 Å². The highest BCUT2D eigenvalue weighted by atomic mass is 19.4. The molecule has 0 unspecified atom stereocenters. The van der Waals surface area contributed by atoms with Crippen molar-refractivity contribution in [3.63, 3.8) is 0 Å². The van der Waals surface area contributed by atoms with E-state index >= 15 is 0 Å². The molecule has 0 N–H and O–H groups in total. The van der Waals surface area contributed by atoms with Crippen molar-refractivity contribution in [1.29, 1.82) is 0 Å². The SMILES string of the molecule is Cc1cc(-c2ccc(C(F)(F)F)cc2)n(C2CCOCC2)n1. The topological polar surface area (TPSA) is 27.1 Å². The van der Waals surface area contributed by atoms with Crippen molar-refractivity contribution in [2.45, 2.75) is 32.0 Å². The molecule has 1 aliphatic rings. The van der Waals surface area contributed by atoms with Gasteiger partial charge < -0.3 is 4.74 Å². The van der Waals surface area contributed by atoms with Crippen molar-refractivity contribution >= 4 is 0 Å². The van der Waals surface area contributed by atoms with Crippen LogP contribution in [0.1, 0.15) is 30.1 Å². The summed E-state index contributed by atoms with van der Waals surface area (Å²) in [5.41, 5.74) is 1.84. The molecular weight excluding hydrogens is 293 g/mol. The molecule has 1 aliphatic heterocycles. The summed E-state index contributed by atoms with van der Waals surface area (Å²) >= 11 is 0. The van der Waals surface area contributed by atoms with Crippen LogP contribution in [0.3, 0.4) is 0 Å². The average molecular weight is 310 g/mol. The lowest BCUT2D eigenvalue weighted by atomic mass is 10.1. The molecule has 3 rings (SSSR count). The van der Waals surface area contributed by atoms with Crippen LogP contribution in [0, 0.1) is 6.92 Å². The molecular formula is C16H17F3N2O. The van der Waals surface area contributed by atoms with Crippen LogP contribution in [0.2, 0.25) is 0 Å². The van der Waals surface area contributed by atoms with E-state index in [0.29, 0.717) is 13.2 Å². The molecule has 0 amide bonds. The lowest BCUT2D eigenvalue weighted by molar-refractivity contribution is -0.137. The van der Waals surface area contributed by atoms with Gasteiger partial charge in [-0.15, -0.1) is 0 Å². The number of hydrogen-bond donors (Lipinski definition) is 0. The van der Waals surface area contributed by atoms with Crippen LogP contribution in [0.15, 0.2) is 30.3 Å². The highest BCUT2D eigenvalue weighted by Crippen LogP contribution is 2.33. The highest BCUT2D eigenvalue weighted by molar-refractivity contribution is 5.60. The Kier molecular flexibility index (Phi) is 3.95. The van der Waals surface area contributed by atoms with E-state index in [-0.39, 0.29) is 6.04 Å². The van der Waals surface area contributed by atoms with Crippen LogP contribution in [0.25, 0.3) is 11.3 Å². The van der Waals surface area contributed by atoms with Gasteiger partial charge in [0.25, 0.3) is 0 Å². The molecule has 2 heterocycles. The second kappa shape index (κ2) is 5.76. The summed E-state index contributed by atoms with van der Waals surface area (Å²) in [5, 5.41) is 4.52. The van der Waals surface area contributed by atoms with E-state index < -0.39 is 11.7 Å². The summed E-state index contributed by atoms with van der Waals surface area (Å²) in [5.74, 6) is 0. The van der Waals surface area contributed by atoms with Gasteiger partial charge >= 0.3 is 6.18 Å². The summed E-state index contributed by atoms with van der Waals surface area (Å²) in [6.45, 7) is 3.27. The first-order valence-corrected chi connectivity index (χ1v) is 7.26. The predicted octanol–water partition coefficient (Wildman–Crippen LogP) is 4.23. The molecule has 1 saturated heterocycles. The number of ether oxygens (including phenoxy) is 1. The number of nitrogens with zero attached hydrogens (tertiary/aromatic N) is 2. The van der Waals surface area contributed by atoms with Crippen LogP contribution < -0.4 is 0 Å². The number of aromatic nitrogens is 2. The number of halogens is 3. The molecule has 0 spiro atoms. The van der Waals surface area contributed by atoms with Crippen LogP contribution in [-0.2, 0) is 10.9 Å². The Bertz CT molecular complexity index is 640. The predicted molar refractivity (Wildman–Crippen MR) is 76.5 cm³/mol. The summed E-state index contributed by atoms with van der Waals surface area (Å²) < 4.78 is 45.3. The van der Waals surface area contributed by atoms with Gasteiger partial charge in [0.2, 0.25) is 0 Å². The quantitative estimate of drug-likeness (QED) is 0.830. The summed E-state index contributed by atoms with van der Waals surface area (Å²) in [6, 6.07) is 7.40. The van der Waals surface area contributed by atoms with Gasteiger partial charge in [-0.05, 0) is 43.5 Å². The van der Waals surface area contributed by atoms with Gasteiger partial charge in [0.1, 0.15) is 0 Å². The molecule has 22 heavy (non-hydrogen) atoms. The minimum absolute atomic E-state index is 0.236. The summed E-state index contributed by atoms with van der Waals surface area (Å²) in [4.78, 5) is 0. The van der Waals surface area contributed by atoms with Crippen molar-refractivity contribution in [2.75, 3.05) is 13.2 Å². The fourth-order valence-electron chi connectivity index (χ4n) is 2.77. The zero-order valence-corrected chi connectivity index (χ0v) is 12.2. The second-order valence-electron chi connectivity index (χ2n) is 5.53. The minimum Gasteiger partial charge on any atom is -0.381 e. The molecule has 1 aromatic carbocycles. The average Bonchev–Trinajstić information content (AvgIpc) is 2.89. The second-order valence-corrected chi connectivity index (χ2v) is 5.53. The molecule has 6 heteroatoms. The lowest BCUT2D eigenvalue weighted by Crippen LogP contribution is -2.21. The molecule has 0 aliphatic carbocycles. The molecule has 3 nitrogen and oxygen atoms in total. The largest absolute Gasteiger partial charge is 0.416 e. The molecule has 118 valence electrons. The Morgan fingerprint density at radius 2 is 1.77 bits per heavy atom. The van der Waals surface area contributed by atoms with E-state index in [9.17, 15) is 13.2 Å². The van der Waals surface area contributed by atoms with Gasteiger partial charge in [-0.1, -0.05) is 12.1 Å². The van der Waals surface area contributed by atoms with Gasteiger partial charge in [0.15, 0.2) is 0 Å². The van der Waals surface area contributed by atoms with E-state index in [0.717, 1.165) is 41.9 Å². The Hall–Kier alpha value is -1.82. The van der Waals surface area contributed by atoms with Crippen LogP contribution >= 0.6 is 0 Å². The zero-order valence-electron chi connectivity index (χ0n) is 12.2. The van der Waals surface area contributed by atoms with Crippen LogP contribution in [0.5, 0.6) is 0 Å². The van der Waals surface area contributed by atoms with E-state index in [4.69, 9.17) is 4.74 Å². The third-order valence-corrected chi connectivity index (χ3v) is 3.90. The first kappa shape index (κ1) is 15.1. The van der Waals surface area contributed by atoms with Crippen molar-refractivity contribution in [3.05, 3.63) is 41.6 Å². The normalized spacial score (nSPS) is 16.9. The first-order chi connectivity index (χ1) is 10.4. The fourth-order valence-corrected chi connectivity index (χ4v) is 2.77. The number of rotatable bonds is 2. The number of aryl methyl sites for hydroxylation is 1. The van der Waals surface area contributed by atoms with Gasteiger partial charge in [-0.3, -0.25) is 4.68 Å². The van der Waals surface area contributed by atoms with E-state index in [2.05, 4.69) is 5.10 Å². The fraction of sp³-hybridized carbons (Fsp3) is 0.438. The minimum atomic E-state index is -4.31. The molecule has 1 aromatic heterocycles. The van der Waals surface area contributed by atoms with Gasteiger partial charge in [0, 0.05) is 13.2 Å². The Morgan fingerprint density at radius 3 is 2.36 bits per heavy atom. The van der Waals surface area contributed by atoms with Gasteiger partial charge in [0.05, 0.1) is 23.0 Å². The lowest BCUT2D eigenvalue weighted by Gasteiger charge is -2.24. The van der Waals surface area contributed by atoms with Gasteiger partial charge in [-0.25, -0.2) is 0 Å². The highest BCUT2D eigenvalue weighted by Gasteiger charge is 2.30. The third-order valence-electron chi connectivity index (χ3n) is 3.90. The van der Waals surface area contributed by atoms with Crippen molar-refractivity contribution in [1.82, 2.24) is 9.78 Å². The molecule has 0 saturated carbocycles. The number of alkyl halides is 3.